The SMILES string of the molecule is Cn1c(=O)[nH]c(=O)c2nc3cc(-c4cccnc4)oc3nc21. The third-order valence-corrected chi connectivity index (χ3v) is 3.35. The van der Waals surface area contributed by atoms with Crippen molar-refractivity contribution in [2.24, 2.45) is 7.05 Å². The molecule has 0 bridgehead atoms. The molecule has 0 saturated carbocycles. The number of hydrogen-bond donors (Lipinski definition) is 1. The molecule has 4 aromatic heterocycles. The molecule has 0 aliphatic heterocycles. The van der Waals surface area contributed by atoms with Crippen LogP contribution < -0.4 is 11.2 Å². The van der Waals surface area contributed by atoms with Gasteiger partial charge in [-0.1, -0.05) is 0 Å². The largest absolute Gasteiger partial charge is 0.436 e. The van der Waals surface area contributed by atoms with Crippen LogP contribution in [0, 0.1) is 0 Å². The Bertz CT molecular complexity index is 1120. The summed E-state index contributed by atoms with van der Waals surface area (Å²) in [5.74, 6) is 0.542. The lowest BCUT2D eigenvalue weighted by atomic mass is 10.2. The quantitative estimate of drug-likeness (QED) is 0.557. The van der Waals surface area contributed by atoms with Crippen LogP contribution in [0.25, 0.3) is 33.7 Å². The molecule has 0 saturated heterocycles. The fourth-order valence-electron chi connectivity index (χ4n) is 2.22. The van der Waals surface area contributed by atoms with Gasteiger partial charge in [-0.3, -0.25) is 19.3 Å². The zero-order chi connectivity index (χ0) is 15.3. The topological polar surface area (TPSA) is 107 Å². The predicted octanol–water partition coefficient (Wildman–Crippen LogP) is 0.825. The highest BCUT2D eigenvalue weighted by atomic mass is 16.3. The first-order chi connectivity index (χ1) is 10.6. The third-order valence-electron chi connectivity index (χ3n) is 3.35. The first kappa shape index (κ1) is 12.5. The summed E-state index contributed by atoms with van der Waals surface area (Å²) in [6, 6.07) is 5.31. The summed E-state index contributed by atoms with van der Waals surface area (Å²) in [4.78, 5) is 38.2. The zero-order valence-electron chi connectivity index (χ0n) is 11.4. The van der Waals surface area contributed by atoms with Crippen LogP contribution in [0.4, 0.5) is 0 Å². The second-order valence-corrected chi connectivity index (χ2v) is 4.76. The van der Waals surface area contributed by atoms with Crippen LogP contribution in [0.2, 0.25) is 0 Å². The molecule has 4 heterocycles. The fraction of sp³-hybridized carbons (Fsp3) is 0.0714. The molecule has 0 aromatic carbocycles. The molecule has 0 spiro atoms. The molecule has 0 radical (unpaired) electrons. The van der Waals surface area contributed by atoms with Gasteiger partial charge in [-0.15, -0.1) is 0 Å². The van der Waals surface area contributed by atoms with E-state index in [0.29, 0.717) is 11.3 Å². The predicted molar refractivity (Wildman–Crippen MR) is 78.4 cm³/mol. The van der Waals surface area contributed by atoms with E-state index in [2.05, 4.69) is 19.9 Å². The molecule has 0 amide bonds. The van der Waals surface area contributed by atoms with E-state index in [4.69, 9.17) is 4.42 Å². The van der Waals surface area contributed by atoms with Gasteiger partial charge >= 0.3 is 5.69 Å². The highest BCUT2D eigenvalue weighted by molar-refractivity contribution is 5.83. The van der Waals surface area contributed by atoms with Crippen molar-refractivity contribution in [3.05, 3.63) is 51.4 Å². The van der Waals surface area contributed by atoms with Gasteiger partial charge in [0.15, 0.2) is 11.2 Å². The van der Waals surface area contributed by atoms with E-state index in [0.717, 1.165) is 5.56 Å². The second kappa shape index (κ2) is 4.35. The van der Waals surface area contributed by atoms with Gasteiger partial charge in [0.2, 0.25) is 5.71 Å². The first-order valence-corrected chi connectivity index (χ1v) is 6.44. The maximum Gasteiger partial charge on any atom is 0.329 e. The maximum absolute atomic E-state index is 11.9. The lowest BCUT2D eigenvalue weighted by Crippen LogP contribution is -2.29. The van der Waals surface area contributed by atoms with Gasteiger partial charge < -0.3 is 4.42 Å². The van der Waals surface area contributed by atoms with Crippen molar-refractivity contribution in [3.63, 3.8) is 0 Å². The number of furan rings is 1. The molecular weight excluding hydrogens is 286 g/mol. The number of nitrogens with zero attached hydrogens (tertiary/aromatic N) is 4. The summed E-state index contributed by atoms with van der Waals surface area (Å²) in [6.45, 7) is 0. The Hall–Kier alpha value is -3.29. The van der Waals surface area contributed by atoms with E-state index in [1.54, 1.807) is 24.5 Å². The minimum absolute atomic E-state index is 0.0909. The first-order valence-electron chi connectivity index (χ1n) is 6.44. The minimum atomic E-state index is -0.573. The van der Waals surface area contributed by atoms with Crippen LogP contribution in [-0.4, -0.2) is 24.5 Å². The minimum Gasteiger partial charge on any atom is -0.436 e. The summed E-state index contributed by atoms with van der Waals surface area (Å²) < 4.78 is 6.87. The Morgan fingerprint density at radius 1 is 1.27 bits per heavy atom. The number of H-pyrrole nitrogens is 1. The summed E-state index contributed by atoms with van der Waals surface area (Å²) in [7, 11) is 1.51. The smallest absolute Gasteiger partial charge is 0.329 e. The number of fused-ring (bicyclic) bond motifs is 2. The van der Waals surface area contributed by atoms with Crippen LogP contribution in [-0.2, 0) is 7.05 Å². The van der Waals surface area contributed by atoms with Gasteiger partial charge in [0, 0.05) is 31.1 Å². The molecule has 0 atom stereocenters. The Balaban J connectivity index is 2.07. The van der Waals surface area contributed by atoms with Gasteiger partial charge in [0.25, 0.3) is 5.56 Å². The van der Waals surface area contributed by atoms with Gasteiger partial charge in [-0.05, 0) is 12.1 Å². The summed E-state index contributed by atoms with van der Waals surface area (Å²) in [5, 5.41) is 0. The maximum atomic E-state index is 11.9. The molecule has 0 aliphatic carbocycles. The van der Waals surface area contributed by atoms with Crippen LogP contribution in [0.15, 0.2) is 44.6 Å². The van der Waals surface area contributed by atoms with Crippen LogP contribution in [0.1, 0.15) is 0 Å². The summed E-state index contributed by atoms with van der Waals surface area (Å²) in [5.41, 5.74) is 0.611. The van der Waals surface area contributed by atoms with Crippen LogP contribution in [0.3, 0.4) is 0 Å². The van der Waals surface area contributed by atoms with Crippen LogP contribution in [0.5, 0.6) is 0 Å². The van der Waals surface area contributed by atoms with Gasteiger partial charge in [0.05, 0.1) is 0 Å². The molecule has 4 aromatic rings. The number of pyridine rings is 1. The number of aryl methyl sites for hydroxylation is 1. The van der Waals surface area contributed by atoms with Crippen molar-refractivity contribution in [2.75, 3.05) is 0 Å². The van der Waals surface area contributed by atoms with Gasteiger partial charge in [0.1, 0.15) is 11.3 Å². The lowest BCUT2D eigenvalue weighted by molar-refractivity contribution is 0.617. The van der Waals surface area contributed by atoms with E-state index in [-0.39, 0.29) is 16.9 Å². The Morgan fingerprint density at radius 3 is 2.91 bits per heavy atom. The summed E-state index contributed by atoms with van der Waals surface area (Å²) >= 11 is 0. The monoisotopic (exact) mass is 295 g/mol. The van der Waals surface area contributed by atoms with Crippen molar-refractivity contribution < 1.29 is 4.42 Å². The van der Waals surface area contributed by atoms with Gasteiger partial charge in [-0.2, -0.15) is 4.98 Å². The molecule has 108 valence electrons. The number of rotatable bonds is 1. The molecule has 0 unspecified atom stereocenters. The average molecular weight is 295 g/mol. The third kappa shape index (κ3) is 1.74. The number of aromatic nitrogens is 5. The van der Waals surface area contributed by atoms with Crippen molar-refractivity contribution in [3.8, 4) is 11.3 Å². The lowest BCUT2D eigenvalue weighted by Gasteiger charge is -2.00. The second-order valence-electron chi connectivity index (χ2n) is 4.76. The zero-order valence-corrected chi connectivity index (χ0v) is 11.4. The molecule has 8 nitrogen and oxygen atoms in total. The van der Waals surface area contributed by atoms with Crippen molar-refractivity contribution in [2.45, 2.75) is 0 Å². The highest BCUT2D eigenvalue weighted by Crippen LogP contribution is 2.25. The van der Waals surface area contributed by atoms with E-state index < -0.39 is 11.2 Å². The molecule has 0 aliphatic rings. The molecule has 22 heavy (non-hydrogen) atoms. The van der Waals surface area contributed by atoms with Gasteiger partial charge in [-0.25, -0.2) is 9.78 Å². The Kier molecular flexibility index (Phi) is 2.46. The molecule has 8 heteroatoms. The van der Waals surface area contributed by atoms with Crippen LogP contribution >= 0.6 is 0 Å². The Morgan fingerprint density at radius 2 is 2.14 bits per heavy atom. The normalized spacial score (nSPS) is 11.3. The number of hydrogen-bond acceptors (Lipinski definition) is 6. The molecule has 4 rings (SSSR count). The molecular formula is C14H9N5O3. The average Bonchev–Trinajstić information content (AvgIpc) is 2.95. The van der Waals surface area contributed by atoms with E-state index >= 15 is 0 Å². The van der Waals surface area contributed by atoms with E-state index in [1.807, 2.05) is 6.07 Å². The number of nitrogens with one attached hydrogen (secondary N) is 1. The highest BCUT2D eigenvalue weighted by Gasteiger charge is 2.14. The van der Waals surface area contributed by atoms with E-state index in [9.17, 15) is 9.59 Å². The van der Waals surface area contributed by atoms with Crippen molar-refractivity contribution in [1.82, 2.24) is 24.5 Å². The standard InChI is InChI=1S/C14H9N5O3/c1-19-11-10(12(20)18-14(19)21)16-8-5-9(22-13(8)17-11)7-3-2-4-15-6-7/h2-6H,1H3,(H,18,20,21). The van der Waals surface area contributed by atoms with E-state index in [1.165, 1.54) is 11.6 Å². The Labute approximate surface area is 122 Å². The van der Waals surface area contributed by atoms with Crippen molar-refractivity contribution in [1.29, 1.82) is 0 Å². The molecule has 1 N–H and O–H groups in total. The number of aromatic amines is 1. The van der Waals surface area contributed by atoms with Crippen molar-refractivity contribution >= 4 is 22.4 Å². The molecule has 0 fully saturated rings. The summed E-state index contributed by atoms with van der Waals surface area (Å²) in [6.07, 6.45) is 3.31. The fourth-order valence-corrected chi connectivity index (χ4v) is 2.22.